The maximum atomic E-state index is 13.5. The van der Waals surface area contributed by atoms with Crippen LogP contribution in [-0.4, -0.2) is 60.5 Å². The quantitative estimate of drug-likeness (QED) is 0.398. The van der Waals surface area contributed by atoms with Crippen LogP contribution in [0.5, 0.6) is 5.75 Å². The lowest BCUT2D eigenvalue weighted by molar-refractivity contribution is 0.0169. The van der Waals surface area contributed by atoms with Crippen molar-refractivity contribution in [1.29, 1.82) is 0 Å². The minimum absolute atomic E-state index is 0.108. The second-order valence-corrected chi connectivity index (χ2v) is 9.27. The molecule has 0 spiro atoms. The van der Waals surface area contributed by atoms with E-state index in [1.54, 1.807) is 29.3 Å². The van der Waals surface area contributed by atoms with Gasteiger partial charge in [-0.25, -0.2) is 4.68 Å². The Kier molecular flexibility index (Phi) is 7.23. The maximum absolute atomic E-state index is 13.5. The van der Waals surface area contributed by atoms with Gasteiger partial charge in [0.2, 0.25) is 0 Å². The lowest BCUT2D eigenvalue weighted by Crippen LogP contribution is -2.43. The highest BCUT2D eigenvalue weighted by atomic mass is 32.1. The zero-order valence-corrected chi connectivity index (χ0v) is 20.4. The summed E-state index contributed by atoms with van der Waals surface area (Å²) in [5.74, 6) is 0.611. The van der Waals surface area contributed by atoms with E-state index < -0.39 is 0 Å². The topological polar surface area (TPSA) is 68.6 Å². The molecule has 0 radical (unpaired) electrons. The van der Waals surface area contributed by atoms with Crippen LogP contribution < -0.4 is 10.1 Å². The predicted octanol–water partition coefficient (Wildman–Crippen LogP) is 4.41. The van der Waals surface area contributed by atoms with Crippen LogP contribution >= 0.6 is 11.3 Å². The fraction of sp³-hybridized carbons (Fsp3) is 0.259. The number of carbonyl (C=O) groups excluding carboxylic acids is 1. The van der Waals surface area contributed by atoms with Crippen LogP contribution in [0.1, 0.15) is 21.3 Å². The minimum atomic E-state index is -0.146. The Morgan fingerprint density at radius 3 is 2.54 bits per heavy atom. The maximum Gasteiger partial charge on any atom is 0.255 e. The molecular formula is C27H28N4O3S. The molecule has 1 fully saturated rings. The molecule has 2 aromatic carbocycles. The summed E-state index contributed by atoms with van der Waals surface area (Å²) in [6.07, 6.45) is 1.80. The summed E-state index contributed by atoms with van der Waals surface area (Å²) in [5, 5.41) is 10.1. The van der Waals surface area contributed by atoms with Crippen LogP contribution in [0, 0.1) is 0 Å². The molecule has 1 aliphatic heterocycles. The number of hydrogen-bond acceptors (Lipinski definition) is 6. The molecule has 1 atom stereocenters. The van der Waals surface area contributed by atoms with E-state index >= 15 is 0 Å². The summed E-state index contributed by atoms with van der Waals surface area (Å²) in [6, 6.07) is 21.7. The van der Waals surface area contributed by atoms with Gasteiger partial charge in [-0.15, -0.1) is 11.3 Å². The van der Waals surface area contributed by atoms with Crippen molar-refractivity contribution >= 4 is 17.2 Å². The molecule has 1 saturated heterocycles. The van der Waals surface area contributed by atoms with Gasteiger partial charge in [0.15, 0.2) is 0 Å². The summed E-state index contributed by atoms with van der Waals surface area (Å²) < 4.78 is 12.6. The number of rotatable bonds is 8. The monoisotopic (exact) mass is 488 g/mol. The van der Waals surface area contributed by atoms with Crippen molar-refractivity contribution in [1.82, 2.24) is 20.0 Å². The highest BCUT2D eigenvalue weighted by Crippen LogP contribution is 2.28. The molecular weight excluding hydrogens is 460 g/mol. The van der Waals surface area contributed by atoms with Gasteiger partial charge in [-0.2, -0.15) is 5.10 Å². The van der Waals surface area contributed by atoms with Crippen molar-refractivity contribution in [3.05, 3.63) is 88.7 Å². The number of nitrogens with zero attached hydrogens (tertiary/aromatic N) is 3. The third-order valence-electron chi connectivity index (χ3n) is 6.16. The summed E-state index contributed by atoms with van der Waals surface area (Å²) in [6.45, 7) is 3.63. The van der Waals surface area contributed by atoms with E-state index in [1.165, 1.54) is 4.88 Å². The first-order chi connectivity index (χ1) is 17.2. The molecule has 1 aliphatic rings. The number of thiophene rings is 1. The molecule has 180 valence electrons. The van der Waals surface area contributed by atoms with E-state index in [4.69, 9.17) is 14.6 Å². The van der Waals surface area contributed by atoms with Crippen LogP contribution in [0.2, 0.25) is 0 Å². The first-order valence-electron chi connectivity index (χ1n) is 11.7. The Bertz CT molecular complexity index is 1230. The van der Waals surface area contributed by atoms with Crippen molar-refractivity contribution in [3.63, 3.8) is 0 Å². The Morgan fingerprint density at radius 2 is 1.86 bits per heavy atom. The van der Waals surface area contributed by atoms with Gasteiger partial charge in [0.25, 0.3) is 5.91 Å². The fourth-order valence-corrected chi connectivity index (χ4v) is 5.14. The smallest absolute Gasteiger partial charge is 0.255 e. The second kappa shape index (κ2) is 10.9. The Morgan fingerprint density at radius 1 is 1.09 bits per heavy atom. The standard InChI is InChI=1S/C27H28N4O3S/c1-33-22-11-9-20(10-12-22)26-23(19-31(29-26)21-6-3-2-4-7-21)27(32)28-18-24(25-8-5-17-35-25)30-13-15-34-16-14-30/h2-12,17,19,24H,13-16,18H2,1H3,(H,28,32). The van der Waals surface area contributed by atoms with Crippen molar-refractivity contribution in [2.45, 2.75) is 6.04 Å². The van der Waals surface area contributed by atoms with Gasteiger partial charge in [0.1, 0.15) is 11.4 Å². The SMILES string of the molecule is COc1ccc(-c2nn(-c3ccccc3)cc2C(=O)NCC(c2cccs2)N2CCOCC2)cc1. The summed E-state index contributed by atoms with van der Waals surface area (Å²) in [5.41, 5.74) is 2.92. The number of nitrogens with one attached hydrogen (secondary N) is 1. The van der Waals surface area contributed by atoms with Crippen LogP contribution in [0.25, 0.3) is 16.9 Å². The number of aromatic nitrogens is 2. The molecule has 2 aromatic heterocycles. The molecule has 4 aromatic rings. The lowest BCUT2D eigenvalue weighted by atomic mass is 10.1. The molecule has 1 unspecified atom stereocenters. The molecule has 8 heteroatoms. The molecule has 35 heavy (non-hydrogen) atoms. The molecule has 1 N–H and O–H groups in total. The van der Waals surface area contributed by atoms with E-state index in [0.717, 1.165) is 30.1 Å². The zero-order valence-electron chi connectivity index (χ0n) is 19.6. The average molecular weight is 489 g/mol. The summed E-state index contributed by atoms with van der Waals surface area (Å²) in [7, 11) is 1.64. The van der Waals surface area contributed by atoms with Crippen LogP contribution in [0.4, 0.5) is 0 Å². The number of benzene rings is 2. The van der Waals surface area contributed by atoms with Gasteiger partial charge in [0.05, 0.1) is 37.6 Å². The minimum Gasteiger partial charge on any atom is -0.497 e. The first-order valence-corrected chi connectivity index (χ1v) is 12.5. The largest absolute Gasteiger partial charge is 0.497 e. The van der Waals surface area contributed by atoms with Crippen molar-refractivity contribution in [2.24, 2.45) is 0 Å². The van der Waals surface area contributed by atoms with Crippen molar-refractivity contribution < 1.29 is 14.3 Å². The number of ether oxygens (including phenoxy) is 2. The van der Waals surface area contributed by atoms with E-state index in [9.17, 15) is 4.79 Å². The molecule has 0 aliphatic carbocycles. The lowest BCUT2D eigenvalue weighted by Gasteiger charge is -2.34. The van der Waals surface area contributed by atoms with Gasteiger partial charge in [-0.1, -0.05) is 24.3 Å². The van der Waals surface area contributed by atoms with Gasteiger partial charge in [-0.05, 0) is 47.8 Å². The van der Waals surface area contributed by atoms with Crippen molar-refractivity contribution in [2.75, 3.05) is 40.0 Å². The fourth-order valence-electron chi connectivity index (χ4n) is 4.28. The highest BCUT2D eigenvalue weighted by Gasteiger charge is 2.25. The number of methoxy groups -OCH3 is 1. The number of para-hydroxylation sites is 1. The number of morpholine rings is 1. The molecule has 3 heterocycles. The van der Waals surface area contributed by atoms with E-state index in [-0.39, 0.29) is 11.9 Å². The average Bonchev–Trinajstić information content (AvgIpc) is 3.61. The number of hydrogen-bond donors (Lipinski definition) is 1. The normalized spacial score (nSPS) is 15.0. The highest BCUT2D eigenvalue weighted by molar-refractivity contribution is 7.10. The number of amides is 1. The Hall–Kier alpha value is -3.46. The van der Waals surface area contributed by atoms with Gasteiger partial charge >= 0.3 is 0 Å². The molecule has 1 amide bonds. The van der Waals surface area contributed by atoms with Crippen molar-refractivity contribution in [3.8, 4) is 22.7 Å². The van der Waals surface area contributed by atoms with Crippen LogP contribution in [-0.2, 0) is 4.74 Å². The Labute approximate surface area is 208 Å². The first kappa shape index (κ1) is 23.3. The third kappa shape index (κ3) is 5.30. The molecule has 0 bridgehead atoms. The summed E-state index contributed by atoms with van der Waals surface area (Å²) in [4.78, 5) is 17.2. The molecule has 7 nitrogen and oxygen atoms in total. The zero-order chi connectivity index (χ0) is 24.0. The third-order valence-corrected chi connectivity index (χ3v) is 7.13. The Balaban J connectivity index is 1.43. The van der Waals surface area contributed by atoms with Gasteiger partial charge in [-0.3, -0.25) is 9.69 Å². The van der Waals surface area contributed by atoms with Gasteiger partial charge in [0, 0.05) is 36.3 Å². The van der Waals surface area contributed by atoms with E-state index in [2.05, 4.69) is 27.7 Å². The van der Waals surface area contributed by atoms with E-state index in [0.29, 0.717) is 31.0 Å². The van der Waals surface area contributed by atoms with E-state index in [1.807, 2.05) is 54.6 Å². The number of carbonyl (C=O) groups is 1. The molecule has 5 rings (SSSR count). The predicted molar refractivity (Wildman–Crippen MR) is 137 cm³/mol. The van der Waals surface area contributed by atoms with Crippen LogP contribution in [0.15, 0.2) is 78.3 Å². The van der Waals surface area contributed by atoms with Gasteiger partial charge < -0.3 is 14.8 Å². The second-order valence-electron chi connectivity index (χ2n) is 8.29. The molecule has 0 saturated carbocycles. The summed E-state index contributed by atoms with van der Waals surface area (Å²) >= 11 is 1.71. The van der Waals surface area contributed by atoms with Crippen LogP contribution in [0.3, 0.4) is 0 Å².